The Morgan fingerprint density at radius 3 is 2.25 bits per heavy atom. The maximum absolute atomic E-state index is 12.4. The summed E-state index contributed by atoms with van der Waals surface area (Å²) in [4.78, 5) is 11.3. The van der Waals surface area contributed by atoms with E-state index in [4.69, 9.17) is 0 Å². The molecule has 0 saturated heterocycles. The number of carbonyl (C=O) groups excluding carboxylic acids is 1. The fourth-order valence-corrected chi connectivity index (χ4v) is 3.35. The van der Waals surface area contributed by atoms with Crippen LogP contribution in [0.15, 0.2) is 29.2 Å². The van der Waals surface area contributed by atoms with Gasteiger partial charge in [-0.3, -0.25) is 4.79 Å². The highest BCUT2D eigenvalue weighted by molar-refractivity contribution is 7.91. The first-order valence-corrected chi connectivity index (χ1v) is 7.93. The minimum Gasteiger partial charge on any atom is -0.299 e. The number of carbonyl (C=O) groups is 1. The standard InChI is InChI=1S/C14H16F2O3S/c1-3-14(2)11(8-12(14)17)9-4-6-10(7-5-9)20(18,19)13(15)16/h4-7,11,13H,3,8H2,1-2H3. The molecule has 0 aromatic heterocycles. The van der Waals surface area contributed by atoms with E-state index in [1.807, 2.05) is 13.8 Å². The zero-order valence-corrected chi connectivity index (χ0v) is 12.1. The van der Waals surface area contributed by atoms with Crippen LogP contribution in [0.4, 0.5) is 8.78 Å². The second-order valence-electron chi connectivity index (χ2n) is 5.33. The Morgan fingerprint density at radius 2 is 1.85 bits per heavy atom. The van der Waals surface area contributed by atoms with E-state index in [1.54, 1.807) is 0 Å². The van der Waals surface area contributed by atoms with Crippen LogP contribution in [0, 0.1) is 5.41 Å². The van der Waals surface area contributed by atoms with E-state index in [9.17, 15) is 22.0 Å². The van der Waals surface area contributed by atoms with Gasteiger partial charge >= 0.3 is 5.76 Å². The third-order valence-corrected chi connectivity index (χ3v) is 5.77. The van der Waals surface area contributed by atoms with Gasteiger partial charge in [-0.1, -0.05) is 26.0 Å². The molecule has 1 aromatic carbocycles. The van der Waals surface area contributed by atoms with Gasteiger partial charge in [0.2, 0.25) is 9.84 Å². The molecular weight excluding hydrogens is 286 g/mol. The normalized spacial score (nSPS) is 26.6. The molecule has 2 unspecified atom stereocenters. The van der Waals surface area contributed by atoms with Gasteiger partial charge in [0.05, 0.1) is 4.90 Å². The van der Waals surface area contributed by atoms with E-state index in [1.165, 1.54) is 24.3 Å². The highest BCUT2D eigenvalue weighted by Gasteiger charge is 2.50. The second-order valence-corrected chi connectivity index (χ2v) is 7.24. The van der Waals surface area contributed by atoms with Crippen LogP contribution in [-0.4, -0.2) is 20.0 Å². The van der Waals surface area contributed by atoms with Crippen molar-refractivity contribution in [2.75, 3.05) is 0 Å². The van der Waals surface area contributed by atoms with Crippen molar-refractivity contribution < 1.29 is 22.0 Å². The molecule has 1 saturated carbocycles. The maximum Gasteiger partial charge on any atom is 0.341 e. The Balaban J connectivity index is 2.29. The van der Waals surface area contributed by atoms with Crippen LogP contribution in [-0.2, 0) is 14.6 Å². The molecule has 2 atom stereocenters. The van der Waals surface area contributed by atoms with Crippen LogP contribution < -0.4 is 0 Å². The summed E-state index contributed by atoms with van der Waals surface area (Å²) < 4.78 is 47.5. The van der Waals surface area contributed by atoms with E-state index in [0.29, 0.717) is 12.8 Å². The fraction of sp³-hybridized carbons (Fsp3) is 0.500. The zero-order valence-electron chi connectivity index (χ0n) is 11.3. The first-order valence-electron chi connectivity index (χ1n) is 6.38. The van der Waals surface area contributed by atoms with Crippen molar-refractivity contribution in [2.45, 2.75) is 43.3 Å². The number of benzene rings is 1. The number of ketones is 1. The van der Waals surface area contributed by atoms with E-state index in [2.05, 4.69) is 0 Å². The molecule has 0 heterocycles. The van der Waals surface area contributed by atoms with Gasteiger partial charge in [-0.15, -0.1) is 0 Å². The fourth-order valence-electron chi connectivity index (χ4n) is 2.63. The number of Topliss-reactive ketones (excluding diaryl/α,β-unsaturated/α-hetero) is 1. The molecule has 20 heavy (non-hydrogen) atoms. The van der Waals surface area contributed by atoms with Gasteiger partial charge < -0.3 is 0 Å². The van der Waals surface area contributed by atoms with Crippen LogP contribution in [0.25, 0.3) is 0 Å². The Labute approximate surface area is 116 Å². The molecule has 110 valence electrons. The number of halogens is 2. The van der Waals surface area contributed by atoms with Gasteiger partial charge in [0.1, 0.15) is 5.78 Å². The largest absolute Gasteiger partial charge is 0.341 e. The SMILES string of the molecule is CCC1(C)C(=O)CC1c1ccc(S(=O)(=O)C(F)F)cc1. The molecule has 3 nitrogen and oxygen atoms in total. The van der Waals surface area contributed by atoms with Gasteiger partial charge in [0.15, 0.2) is 0 Å². The summed E-state index contributed by atoms with van der Waals surface area (Å²) in [7, 11) is -4.55. The summed E-state index contributed by atoms with van der Waals surface area (Å²) in [5.74, 6) is -3.20. The topological polar surface area (TPSA) is 51.2 Å². The molecule has 0 bridgehead atoms. The van der Waals surface area contributed by atoms with Crippen LogP contribution >= 0.6 is 0 Å². The lowest BCUT2D eigenvalue weighted by atomic mass is 9.56. The van der Waals surface area contributed by atoms with Crippen molar-refractivity contribution in [3.05, 3.63) is 29.8 Å². The average molecular weight is 302 g/mol. The van der Waals surface area contributed by atoms with Crippen LogP contribution in [0.5, 0.6) is 0 Å². The molecule has 0 amide bonds. The van der Waals surface area contributed by atoms with E-state index in [0.717, 1.165) is 5.56 Å². The molecule has 1 aromatic rings. The summed E-state index contributed by atoms with van der Waals surface area (Å²) >= 11 is 0. The van der Waals surface area contributed by atoms with E-state index < -0.39 is 21.0 Å². The molecule has 0 spiro atoms. The van der Waals surface area contributed by atoms with Crippen LogP contribution in [0.3, 0.4) is 0 Å². The quantitative estimate of drug-likeness (QED) is 0.858. The summed E-state index contributed by atoms with van der Waals surface area (Å²) in [6, 6.07) is 5.44. The molecule has 1 fully saturated rings. The smallest absolute Gasteiger partial charge is 0.299 e. The Hall–Kier alpha value is -1.30. The van der Waals surface area contributed by atoms with Crippen molar-refractivity contribution in [1.29, 1.82) is 0 Å². The van der Waals surface area contributed by atoms with Gasteiger partial charge in [-0.25, -0.2) is 8.42 Å². The maximum atomic E-state index is 12.4. The highest BCUT2D eigenvalue weighted by Crippen LogP contribution is 2.51. The van der Waals surface area contributed by atoms with Crippen molar-refractivity contribution in [2.24, 2.45) is 5.41 Å². The van der Waals surface area contributed by atoms with Gasteiger partial charge in [-0.05, 0) is 24.1 Å². The van der Waals surface area contributed by atoms with Gasteiger partial charge in [0, 0.05) is 17.8 Å². The predicted molar refractivity (Wildman–Crippen MR) is 70.4 cm³/mol. The summed E-state index contributed by atoms with van der Waals surface area (Å²) in [5, 5.41) is 0. The van der Waals surface area contributed by atoms with Crippen molar-refractivity contribution in [1.82, 2.24) is 0 Å². The zero-order chi connectivity index (χ0) is 15.1. The molecular formula is C14H16F2O3S. The third-order valence-electron chi connectivity index (χ3n) is 4.38. The lowest BCUT2D eigenvalue weighted by Crippen LogP contribution is -2.45. The molecule has 6 heteroatoms. The average Bonchev–Trinajstić information content (AvgIpc) is 2.43. The second kappa shape index (κ2) is 4.91. The van der Waals surface area contributed by atoms with Crippen molar-refractivity contribution in [3.63, 3.8) is 0 Å². The number of hydrogen-bond acceptors (Lipinski definition) is 3. The number of hydrogen-bond donors (Lipinski definition) is 0. The number of alkyl halides is 2. The predicted octanol–water partition coefficient (Wildman–Crippen LogP) is 3.16. The summed E-state index contributed by atoms with van der Waals surface area (Å²) in [5.41, 5.74) is 0.394. The minimum absolute atomic E-state index is 0.0308. The Bertz CT molecular complexity index is 622. The first kappa shape index (κ1) is 15.1. The number of rotatable bonds is 4. The van der Waals surface area contributed by atoms with Gasteiger partial charge in [-0.2, -0.15) is 8.78 Å². The van der Waals surface area contributed by atoms with E-state index >= 15 is 0 Å². The minimum atomic E-state index is -4.55. The monoisotopic (exact) mass is 302 g/mol. The van der Waals surface area contributed by atoms with Gasteiger partial charge in [0.25, 0.3) is 0 Å². The third kappa shape index (κ3) is 2.16. The molecule has 0 aliphatic heterocycles. The van der Waals surface area contributed by atoms with E-state index in [-0.39, 0.29) is 16.6 Å². The van der Waals surface area contributed by atoms with Crippen molar-refractivity contribution in [3.8, 4) is 0 Å². The van der Waals surface area contributed by atoms with Crippen molar-refractivity contribution >= 4 is 15.6 Å². The summed E-state index contributed by atoms with van der Waals surface area (Å²) in [6.45, 7) is 3.81. The molecule has 1 aliphatic carbocycles. The number of sulfone groups is 1. The first-order chi connectivity index (χ1) is 9.23. The lowest BCUT2D eigenvalue weighted by molar-refractivity contribution is -0.139. The molecule has 0 radical (unpaired) electrons. The van der Waals surface area contributed by atoms with Crippen LogP contribution in [0.2, 0.25) is 0 Å². The Kier molecular flexibility index (Phi) is 3.71. The molecule has 2 rings (SSSR count). The van der Waals surface area contributed by atoms with Crippen LogP contribution in [0.1, 0.15) is 38.2 Å². The Morgan fingerprint density at radius 1 is 1.30 bits per heavy atom. The summed E-state index contributed by atoms with van der Waals surface area (Å²) in [6.07, 6.45) is 1.12. The molecule has 0 N–H and O–H groups in total. The lowest BCUT2D eigenvalue weighted by Gasteiger charge is -2.45. The highest BCUT2D eigenvalue weighted by atomic mass is 32.2. The molecule has 1 aliphatic rings.